The number of nitrogens with zero attached hydrogens (tertiary/aromatic N) is 3. The summed E-state index contributed by atoms with van der Waals surface area (Å²) < 4.78 is 5.38. The topological polar surface area (TPSA) is 63.8 Å². The number of hydrogen-bond acceptors (Lipinski definition) is 5. The van der Waals surface area contributed by atoms with Gasteiger partial charge in [0.15, 0.2) is 0 Å². The molecule has 1 aromatic carbocycles. The van der Waals surface area contributed by atoms with Crippen LogP contribution in [0, 0.1) is 0 Å². The van der Waals surface area contributed by atoms with E-state index in [0.717, 1.165) is 28.8 Å². The van der Waals surface area contributed by atoms with Crippen LogP contribution >= 0.6 is 0 Å². The van der Waals surface area contributed by atoms with Crippen molar-refractivity contribution in [2.45, 2.75) is 13.3 Å². The van der Waals surface area contributed by atoms with Crippen LogP contribution in [0.25, 0.3) is 22.8 Å². The van der Waals surface area contributed by atoms with Crippen molar-refractivity contribution in [1.29, 1.82) is 0 Å². The van der Waals surface area contributed by atoms with Gasteiger partial charge in [0.25, 0.3) is 5.89 Å². The van der Waals surface area contributed by atoms with E-state index >= 15 is 0 Å². The number of anilines is 1. The molecule has 106 valence electrons. The molecule has 0 spiro atoms. The summed E-state index contributed by atoms with van der Waals surface area (Å²) in [6, 6.07) is 9.77. The number of pyridine rings is 1. The van der Waals surface area contributed by atoms with Crippen LogP contribution in [0.4, 0.5) is 5.69 Å². The Morgan fingerprint density at radius 2 is 1.95 bits per heavy atom. The van der Waals surface area contributed by atoms with Crippen molar-refractivity contribution in [3.8, 4) is 22.8 Å². The van der Waals surface area contributed by atoms with Gasteiger partial charge in [0.2, 0.25) is 5.82 Å². The average molecular weight is 280 g/mol. The van der Waals surface area contributed by atoms with Gasteiger partial charge in [0.05, 0.1) is 0 Å². The van der Waals surface area contributed by atoms with E-state index in [0.29, 0.717) is 11.7 Å². The number of benzene rings is 1. The third-order valence-corrected chi connectivity index (χ3v) is 3.37. The summed E-state index contributed by atoms with van der Waals surface area (Å²) >= 11 is 0. The van der Waals surface area contributed by atoms with Gasteiger partial charge < -0.3 is 9.84 Å². The van der Waals surface area contributed by atoms with Gasteiger partial charge in [-0.25, -0.2) is 0 Å². The Kier molecular flexibility index (Phi) is 3.64. The second-order valence-corrected chi connectivity index (χ2v) is 4.64. The van der Waals surface area contributed by atoms with E-state index in [9.17, 15) is 0 Å². The molecule has 0 radical (unpaired) electrons. The van der Waals surface area contributed by atoms with Gasteiger partial charge in [-0.1, -0.05) is 12.1 Å². The molecular weight excluding hydrogens is 264 g/mol. The maximum absolute atomic E-state index is 5.38. The van der Waals surface area contributed by atoms with Crippen molar-refractivity contribution in [3.05, 3.63) is 48.3 Å². The summed E-state index contributed by atoms with van der Waals surface area (Å²) in [7, 11) is 1.88. The van der Waals surface area contributed by atoms with Gasteiger partial charge in [0, 0.05) is 36.3 Å². The maximum Gasteiger partial charge on any atom is 0.258 e. The van der Waals surface area contributed by atoms with Crippen molar-refractivity contribution >= 4 is 5.69 Å². The molecule has 2 aromatic heterocycles. The van der Waals surface area contributed by atoms with E-state index in [4.69, 9.17) is 4.52 Å². The molecular formula is C16H16N4O. The van der Waals surface area contributed by atoms with Crippen LogP contribution in [-0.2, 0) is 6.42 Å². The van der Waals surface area contributed by atoms with Crippen molar-refractivity contribution in [2.75, 3.05) is 12.4 Å². The Bertz CT molecular complexity index is 734. The molecule has 0 bridgehead atoms. The Hall–Kier alpha value is -2.69. The Morgan fingerprint density at radius 3 is 2.67 bits per heavy atom. The lowest BCUT2D eigenvalue weighted by atomic mass is 10.1. The number of nitrogens with one attached hydrogen (secondary N) is 1. The summed E-state index contributed by atoms with van der Waals surface area (Å²) in [5.41, 5.74) is 4.02. The monoisotopic (exact) mass is 280 g/mol. The molecule has 0 unspecified atom stereocenters. The fraction of sp³-hybridized carbons (Fsp3) is 0.188. The SMILES string of the molecule is CCc1cnccc1-c1noc(-c2ccc(NC)cc2)n1. The maximum atomic E-state index is 5.38. The van der Waals surface area contributed by atoms with Gasteiger partial charge in [0.1, 0.15) is 0 Å². The molecule has 0 amide bonds. The number of hydrogen-bond donors (Lipinski definition) is 1. The van der Waals surface area contributed by atoms with Gasteiger partial charge in [-0.2, -0.15) is 4.98 Å². The predicted molar refractivity (Wildman–Crippen MR) is 81.9 cm³/mol. The first kappa shape index (κ1) is 13.3. The Morgan fingerprint density at radius 1 is 1.14 bits per heavy atom. The van der Waals surface area contributed by atoms with Gasteiger partial charge in [-0.05, 0) is 42.3 Å². The van der Waals surface area contributed by atoms with Gasteiger partial charge in [-0.3, -0.25) is 4.98 Å². The fourth-order valence-corrected chi connectivity index (χ4v) is 2.16. The highest BCUT2D eigenvalue weighted by molar-refractivity contribution is 5.63. The molecule has 1 N–H and O–H groups in total. The van der Waals surface area contributed by atoms with E-state index in [-0.39, 0.29) is 0 Å². The van der Waals surface area contributed by atoms with Crippen molar-refractivity contribution in [2.24, 2.45) is 0 Å². The summed E-state index contributed by atoms with van der Waals surface area (Å²) in [6.07, 6.45) is 4.46. The van der Waals surface area contributed by atoms with Crippen molar-refractivity contribution < 1.29 is 4.52 Å². The van der Waals surface area contributed by atoms with Gasteiger partial charge >= 0.3 is 0 Å². The van der Waals surface area contributed by atoms with Crippen LogP contribution in [0.15, 0.2) is 47.2 Å². The van der Waals surface area contributed by atoms with Crippen LogP contribution < -0.4 is 5.32 Å². The molecule has 21 heavy (non-hydrogen) atoms. The third-order valence-electron chi connectivity index (χ3n) is 3.37. The molecule has 3 rings (SSSR count). The van der Waals surface area contributed by atoms with E-state index in [2.05, 4.69) is 27.4 Å². The summed E-state index contributed by atoms with van der Waals surface area (Å²) in [5, 5.41) is 7.16. The van der Waals surface area contributed by atoms with Crippen LogP contribution in [0.5, 0.6) is 0 Å². The smallest absolute Gasteiger partial charge is 0.258 e. The van der Waals surface area contributed by atoms with E-state index in [1.807, 2.05) is 43.6 Å². The molecule has 5 heteroatoms. The summed E-state index contributed by atoms with van der Waals surface area (Å²) in [5.74, 6) is 1.12. The normalized spacial score (nSPS) is 10.6. The average Bonchev–Trinajstić information content (AvgIpc) is 3.04. The first-order valence-electron chi connectivity index (χ1n) is 6.87. The van der Waals surface area contributed by atoms with E-state index in [1.54, 1.807) is 6.20 Å². The molecule has 0 saturated heterocycles. The lowest BCUT2D eigenvalue weighted by molar-refractivity contribution is 0.432. The second-order valence-electron chi connectivity index (χ2n) is 4.64. The molecule has 0 aliphatic rings. The molecule has 0 aliphatic carbocycles. The minimum Gasteiger partial charge on any atom is -0.388 e. The molecule has 0 atom stereocenters. The van der Waals surface area contributed by atoms with Crippen molar-refractivity contribution in [1.82, 2.24) is 15.1 Å². The molecule has 5 nitrogen and oxygen atoms in total. The summed E-state index contributed by atoms with van der Waals surface area (Å²) in [4.78, 5) is 8.62. The quantitative estimate of drug-likeness (QED) is 0.793. The highest BCUT2D eigenvalue weighted by atomic mass is 16.5. The van der Waals surface area contributed by atoms with Crippen LogP contribution in [0.1, 0.15) is 12.5 Å². The predicted octanol–water partition coefficient (Wildman–Crippen LogP) is 3.40. The second kappa shape index (κ2) is 5.75. The number of rotatable bonds is 4. The number of aryl methyl sites for hydroxylation is 1. The van der Waals surface area contributed by atoms with E-state index < -0.39 is 0 Å². The van der Waals surface area contributed by atoms with Gasteiger partial charge in [-0.15, -0.1) is 0 Å². The standard InChI is InChI=1S/C16H16N4O/c1-3-11-10-18-9-8-14(11)15-19-16(21-20-15)12-4-6-13(17-2)7-5-12/h4-10,17H,3H2,1-2H3. The Labute approximate surface area is 123 Å². The fourth-order valence-electron chi connectivity index (χ4n) is 2.16. The zero-order chi connectivity index (χ0) is 14.7. The molecule has 0 fully saturated rings. The first-order valence-corrected chi connectivity index (χ1v) is 6.87. The van der Waals surface area contributed by atoms with Crippen molar-refractivity contribution in [3.63, 3.8) is 0 Å². The minimum absolute atomic E-state index is 0.520. The first-order chi connectivity index (χ1) is 10.3. The van der Waals surface area contributed by atoms with Crippen LogP contribution in [0.2, 0.25) is 0 Å². The molecule has 0 saturated carbocycles. The van der Waals surface area contributed by atoms with Crippen LogP contribution in [0.3, 0.4) is 0 Å². The zero-order valence-corrected chi connectivity index (χ0v) is 12.0. The van der Waals surface area contributed by atoms with Crippen LogP contribution in [-0.4, -0.2) is 22.2 Å². The highest BCUT2D eigenvalue weighted by Gasteiger charge is 2.13. The molecule has 2 heterocycles. The molecule has 0 aliphatic heterocycles. The third kappa shape index (κ3) is 2.63. The highest BCUT2D eigenvalue weighted by Crippen LogP contribution is 2.25. The minimum atomic E-state index is 0.520. The Balaban J connectivity index is 1.95. The number of aromatic nitrogens is 3. The largest absolute Gasteiger partial charge is 0.388 e. The molecule has 3 aromatic rings. The summed E-state index contributed by atoms with van der Waals surface area (Å²) in [6.45, 7) is 2.08. The zero-order valence-electron chi connectivity index (χ0n) is 12.0. The van der Waals surface area contributed by atoms with E-state index in [1.165, 1.54) is 0 Å². The lowest BCUT2D eigenvalue weighted by Crippen LogP contribution is -1.90. The lowest BCUT2D eigenvalue weighted by Gasteiger charge is -2.01.